The Labute approximate surface area is 145 Å². The first-order valence-corrected chi connectivity index (χ1v) is 7.67. The molecule has 0 aliphatic heterocycles. The molecule has 0 unspecified atom stereocenters. The third kappa shape index (κ3) is 5.20. The Morgan fingerprint density at radius 3 is 2.61 bits per heavy atom. The lowest BCUT2D eigenvalue weighted by atomic mass is 10.3. The minimum atomic E-state index is -0.194. The van der Waals surface area contributed by atoms with Crippen molar-refractivity contribution in [2.24, 2.45) is 0 Å². The predicted molar refractivity (Wildman–Crippen MR) is 95.7 cm³/mol. The summed E-state index contributed by atoms with van der Waals surface area (Å²) >= 11 is 12.0. The van der Waals surface area contributed by atoms with E-state index in [2.05, 4.69) is 17.2 Å². The van der Waals surface area contributed by atoms with Crippen LogP contribution >= 0.6 is 23.2 Å². The molecule has 120 valence electrons. The van der Waals surface area contributed by atoms with Crippen molar-refractivity contribution < 1.29 is 9.53 Å². The van der Waals surface area contributed by atoms with Crippen LogP contribution in [-0.2, 0) is 4.79 Å². The highest BCUT2D eigenvalue weighted by Crippen LogP contribution is 2.29. The van der Waals surface area contributed by atoms with Crippen LogP contribution in [0.25, 0.3) is 0 Å². The van der Waals surface area contributed by atoms with Crippen LogP contribution in [0.2, 0.25) is 10.0 Å². The maximum Gasteiger partial charge on any atom is 0.243 e. The van der Waals surface area contributed by atoms with Crippen molar-refractivity contribution in [1.82, 2.24) is 0 Å². The molecular formula is C17H16Cl2N2O2. The van der Waals surface area contributed by atoms with Crippen LogP contribution in [0.15, 0.2) is 55.1 Å². The fourth-order valence-electron chi connectivity index (χ4n) is 1.81. The molecule has 0 bridgehead atoms. The van der Waals surface area contributed by atoms with Gasteiger partial charge in [-0.3, -0.25) is 4.79 Å². The molecule has 0 saturated carbocycles. The van der Waals surface area contributed by atoms with Crippen molar-refractivity contribution in [1.29, 1.82) is 0 Å². The number of halogens is 2. The van der Waals surface area contributed by atoms with Crippen molar-refractivity contribution in [2.45, 2.75) is 0 Å². The number of carbonyl (C=O) groups excluding carboxylic acids is 1. The number of benzene rings is 2. The van der Waals surface area contributed by atoms with E-state index in [0.717, 1.165) is 0 Å². The molecule has 0 aliphatic rings. The van der Waals surface area contributed by atoms with Gasteiger partial charge in [0.1, 0.15) is 12.4 Å². The Balaban J connectivity index is 1.87. The number of amides is 1. The molecule has 0 atom stereocenters. The van der Waals surface area contributed by atoms with Crippen molar-refractivity contribution in [3.8, 4) is 5.75 Å². The fraction of sp³-hybridized carbons (Fsp3) is 0.118. The molecule has 2 aromatic rings. The number of rotatable bonds is 7. The van der Waals surface area contributed by atoms with Gasteiger partial charge in [0.25, 0.3) is 0 Å². The lowest BCUT2D eigenvalue weighted by Crippen LogP contribution is -2.21. The third-order valence-corrected chi connectivity index (χ3v) is 3.72. The molecule has 0 radical (unpaired) electrons. The van der Waals surface area contributed by atoms with Gasteiger partial charge in [-0.25, -0.2) is 0 Å². The second kappa shape index (κ2) is 8.46. The smallest absolute Gasteiger partial charge is 0.243 e. The Morgan fingerprint density at radius 2 is 1.91 bits per heavy atom. The monoisotopic (exact) mass is 350 g/mol. The van der Waals surface area contributed by atoms with Gasteiger partial charge in [-0.15, -0.1) is 0 Å². The second-order valence-electron chi connectivity index (χ2n) is 4.63. The maximum atomic E-state index is 11.9. The Kier molecular flexibility index (Phi) is 6.32. The first-order valence-electron chi connectivity index (χ1n) is 6.91. The largest absolute Gasteiger partial charge is 0.490 e. The first kappa shape index (κ1) is 17.2. The van der Waals surface area contributed by atoms with Crippen molar-refractivity contribution >= 4 is 40.5 Å². The summed E-state index contributed by atoms with van der Waals surface area (Å²) in [5.74, 6) is 0.521. The number of hydrogen-bond acceptors (Lipinski definition) is 3. The summed E-state index contributed by atoms with van der Waals surface area (Å²) in [6, 6.07) is 12.3. The summed E-state index contributed by atoms with van der Waals surface area (Å²) in [7, 11) is 0. The topological polar surface area (TPSA) is 50.4 Å². The van der Waals surface area contributed by atoms with E-state index in [-0.39, 0.29) is 12.5 Å². The summed E-state index contributed by atoms with van der Waals surface area (Å²) in [6.07, 6.45) is 1.67. The summed E-state index contributed by atoms with van der Waals surface area (Å²) in [6.45, 7) is 4.10. The van der Waals surface area contributed by atoms with E-state index in [4.69, 9.17) is 27.9 Å². The summed E-state index contributed by atoms with van der Waals surface area (Å²) in [5.41, 5.74) is 1.29. The summed E-state index contributed by atoms with van der Waals surface area (Å²) < 4.78 is 5.37. The van der Waals surface area contributed by atoms with Gasteiger partial charge >= 0.3 is 0 Å². The molecule has 0 spiro atoms. The zero-order chi connectivity index (χ0) is 16.7. The molecule has 23 heavy (non-hydrogen) atoms. The van der Waals surface area contributed by atoms with Gasteiger partial charge in [-0.05, 0) is 36.4 Å². The van der Waals surface area contributed by atoms with E-state index in [0.29, 0.717) is 33.8 Å². The van der Waals surface area contributed by atoms with Crippen molar-refractivity contribution in [2.75, 3.05) is 23.8 Å². The van der Waals surface area contributed by atoms with Gasteiger partial charge in [0.15, 0.2) is 0 Å². The Morgan fingerprint density at radius 1 is 1.17 bits per heavy atom. The second-order valence-corrected chi connectivity index (χ2v) is 5.41. The van der Waals surface area contributed by atoms with Crippen molar-refractivity contribution in [3.05, 3.63) is 65.2 Å². The molecular weight excluding hydrogens is 335 g/mol. The molecule has 0 aliphatic carbocycles. The molecule has 0 fully saturated rings. The fourth-order valence-corrected chi connectivity index (χ4v) is 2.18. The van der Waals surface area contributed by atoms with E-state index < -0.39 is 0 Å². The van der Waals surface area contributed by atoms with E-state index >= 15 is 0 Å². The molecule has 0 saturated heterocycles. The van der Waals surface area contributed by atoms with Crippen LogP contribution < -0.4 is 15.4 Å². The minimum Gasteiger partial charge on any atom is -0.490 e. The minimum absolute atomic E-state index is 0.0782. The average Bonchev–Trinajstić information content (AvgIpc) is 2.55. The SMILES string of the molecule is C=CCOc1ccc(NC(=O)CNc2cccc(Cl)c2Cl)cc1. The number of anilines is 2. The number of nitrogens with one attached hydrogen (secondary N) is 2. The van der Waals surface area contributed by atoms with Gasteiger partial charge in [0, 0.05) is 5.69 Å². The third-order valence-electron chi connectivity index (χ3n) is 2.90. The Bertz CT molecular complexity index is 687. The quantitative estimate of drug-likeness (QED) is 0.717. The zero-order valence-corrected chi connectivity index (χ0v) is 13.8. The van der Waals surface area contributed by atoms with Gasteiger partial charge in [-0.1, -0.05) is 41.9 Å². The van der Waals surface area contributed by atoms with Gasteiger partial charge < -0.3 is 15.4 Å². The van der Waals surface area contributed by atoms with E-state index in [1.807, 2.05) is 0 Å². The maximum absolute atomic E-state index is 11.9. The van der Waals surface area contributed by atoms with Gasteiger partial charge in [0.05, 0.1) is 22.3 Å². The van der Waals surface area contributed by atoms with Crippen LogP contribution in [0.5, 0.6) is 5.75 Å². The van der Waals surface area contributed by atoms with E-state index in [1.165, 1.54) is 0 Å². The highest BCUT2D eigenvalue weighted by Gasteiger charge is 2.07. The molecule has 2 rings (SSSR count). The highest BCUT2D eigenvalue weighted by atomic mass is 35.5. The summed E-state index contributed by atoms with van der Waals surface area (Å²) in [4.78, 5) is 11.9. The predicted octanol–water partition coefficient (Wildman–Crippen LogP) is 4.61. The number of carbonyl (C=O) groups is 1. The lowest BCUT2D eigenvalue weighted by Gasteiger charge is -2.10. The highest BCUT2D eigenvalue weighted by molar-refractivity contribution is 6.43. The molecule has 6 heteroatoms. The van der Waals surface area contributed by atoms with Crippen LogP contribution in [0, 0.1) is 0 Å². The first-order chi connectivity index (χ1) is 11.1. The van der Waals surface area contributed by atoms with Crippen LogP contribution in [0.1, 0.15) is 0 Å². The zero-order valence-electron chi connectivity index (χ0n) is 12.3. The number of hydrogen-bond donors (Lipinski definition) is 2. The molecule has 0 aromatic heterocycles. The lowest BCUT2D eigenvalue weighted by molar-refractivity contribution is -0.114. The Hall–Kier alpha value is -2.17. The molecule has 2 aromatic carbocycles. The molecule has 0 heterocycles. The van der Waals surface area contributed by atoms with Crippen LogP contribution in [0.3, 0.4) is 0 Å². The van der Waals surface area contributed by atoms with Crippen LogP contribution in [-0.4, -0.2) is 19.1 Å². The number of ether oxygens (including phenoxy) is 1. The van der Waals surface area contributed by atoms with Crippen LogP contribution in [0.4, 0.5) is 11.4 Å². The molecule has 2 N–H and O–H groups in total. The van der Waals surface area contributed by atoms with E-state index in [1.54, 1.807) is 48.5 Å². The average molecular weight is 351 g/mol. The molecule has 4 nitrogen and oxygen atoms in total. The van der Waals surface area contributed by atoms with Gasteiger partial charge in [-0.2, -0.15) is 0 Å². The van der Waals surface area contributed by atoms with E-state index in [9.17, 15) is 4.79 Å². The normalized spacial score (nSPS) is 10.0. The van der Waals surface area contributed by atoms with Gasteiger partial charge in [0.2, 0.25) is 5.91 Å². The van der Waals surface area contributed by atoms with Crippen molar-refractivity contribution in [3.63, 3.8) is 0 Å². The standard InChI is InChI=1S/C17H16Cl2N2O2/c1-2-10-23-13-8-6-12(7-9-13)21-16(22)11-20-15-5-3-4-14(18)17(15)19/h2-9,20H,1,10-11H2,(H,21,22). The molecule has 1 amide bonds. The summed E-state index contributed by atoms with van der Waals surface area (Å²) in [5, 5.41) is 6.56.